The van der Waals surface area contributed by atoms with Crippen LogP contribution in [0, 0.1) is 6.92 Å². The number of hydrogen-bond donors (Lipinski definition) is 3. The molecule has 0 aliphatic carbocycles. The van der Waals surface area contributed by atoms with Crippen LogP contribution in [0.3, 0.4) is 0 Å². The van der Waals surface area contributed by atoms with Crippen LogP contribution in [-0.2, 0) is 0 Å². The summed E-state index contributed by atoms with van der Waals surface area (Å²) in [5, 5.41) is 9.53. The lowest BCUT2D eigenvalue weighted by atomic mass is 10.2. The Kier molecular flexibility index (Phi) is 3.01. The molecule has 0 spiro atoms. The van der Waals surface area contributed by atoms with Crippen LogP contribution in [0.2, 0.25) is 5.02 Å². The third-order valence-electron chi connectivity index (χ3n) is 2.30. The number of amides is 1. The van der Waals surface area contributed by atoms with E-state index in [1.807, 2.05) is 6.92 Å². The molecule has 5 nitrogen and oxygen atoms in total. The quantitative estimate of drug-likeness (QED) is 0.715. The van der Waals surface area contributed by atoms with Crippen LogP contribution < -0.4 is 11.1 Å². The highest BCUT2D eigenvalue weighted by Crippen LogP contribution is 2.20. The number of carbonyl (C=O) groups excluding carboxylic acids is 1. The van der Waals surface area contributed by atoms with Gasteiger partial charge in [-0.2, -0.15) is 5.10 Å². The molecule has 17 heavy (non-hydrogen) atoms. The molecule has 0 saturated carbocycles. The number of halogens is 1. The van der Waals surface area contributed by atoms with Gasteiger partial charge in [0.05, 0.1) is 16.8 Å². The minimum absolute atomic E-state index is 0.324. The van der Waals surface area contributed by atoms with Crippen molar-refractivity contribution < 1.29 is 4.79 Å². The van der Waals surface area contributed by atoms with Gasteiger partial charge < -0.3 is 11.1 Å². The summed E-state index contributed by atoms with van der Waals surface area (Å²) in [6, 6.07) is 4.76. The summed E-state index contributed by atoms with van der Waals surface area (Å²) < 4.78 is 0. The molecule has 1 aromatic carbocycles. The molecular formula is C11H11ClN4O. The SMILES string of the molecule is Cc1cn[nH]c1NC(=O)c1cc(N)ccc1Cl. The van der Waals surface area contributed by atoms with Crippen molar-refractivity contribution >= 4 is 29.0 Å². The lowest BCUT2D eigenvalue weighted by Gasteiger charge is -2.06. The summed E-state index contributed by atoms with van der Waals surface area (Å²) in [5.41, 5.74) is 7.28. The predicted molar refractivity (Wildman–Crippen MR) is 67.1 cm³/mol. The topological polar surface area (TPSA) is 83.8 Å². The molecule has 1 amide bonds. The zero-order valence-corrected chi connectivity index (χ0v) is 9.88. The number of aromatic amines is 1. The average molecular weight is 251 g/mol. The average Bonchev–Trinajstić information content (AvgIpc) is 2.68. The van der Waals surface area contributed by atoms with Gasteiger partial charge in [-0.15, -0.1) is 0 Å². The smallest absolute Gasteiger partial charge is 0.258 e. The molecule has 0 atom stereocenters. The number of rotatable bonds is 2. The Labute approximate surface area is 103 Å². The Morgan fingerprint density at radius 3 is 2.94 bits per heavy atom. The molecule has 0 radical (unpaired) electrons. The van der Waals surface area contributed by atoms with Gasteiger partial charge in [-0.05, 0) is 25.1 Å². The second kappa shape index (κ2) is 4.47. The first-order valence-electron chi connectivity index (χ1n) is 4.94. The van der Waals surface area contributed by atoms with Gasteiger partial charge >= 0.3 is 0 Å². The summed E-state index contributed by atoms with van der Waals surface area (Å²) in [5.74, 6) is 0.225. The van der Waals surface area contributed by atoms with Crippen molar-refractivity contribution in [3.05, 3.63) is 40.5 Å². The van der Waals surface area contributed by atoms with Crippen molar-refractivity contribution in [1.82, 2.24) is 10.2 Å². The normalized spacial score (nSPS) is 10.2. The van der Waals surface area contributed by atoms with E-state index in [0.717, 1.165) is 5.56 Å². The summed E-state index contributed by atoms with van der Waals surface area (Å²) >= 11 is 5.93. The van der Waals surface area contributed by atoms with Gasteiger partial charge in [-0.3, -0.25) is 9.89 Å². The fourth-order valence-electron chi connectivity index (χ4n) is 1.37. The standard InChI is InChI=1S/C11H11ClN4O/c1-6-5-14-16-10(6)15-11(17)8-4-7(13)2-3-9(8)12/h2-5H,13H2,1H3,(H2,14,15,16,17). The molecule has 0 aliphatic heterocycles. The number of benzene rings is 1. The monoisotopic (exact) mass is 250 g/mol. The second-order valence-corrected chi connectivity index (χ2v) is 4.03. The third-order valence-corrected chi connectivity index (χ3v) is 2.63. The number of nitrogens with one attached hydrogen (secondary N) is 2. The number of carbonyl (C=O) groups is 1. The molecule has 1 aromatic heterocycles. The Bertz CT molecular complexity index is 564. The molecule has 1 heterocycles. The summed E-state index contributed by atoms with van der Waals surface area (Å²) in [7, 11) is 0. The van der Waals surface area contributed by atoms with Crippen LogP contribution in [-0.4, -0.2) is 16.1 Å². The van der Waals surface area contributed by atoms with E-state index in [-0.39, 0.29) is 5.91 Å². The fourth-order valence-corrected chi connectivity index (χ4v) is 1.57. The van der Waals surface area contributed by atoms with E-state index in [4.69, 9.17) is 17.3 Å². The Morgan fingerprint density at radius 2 is 2.29 bits per heavy atom. The number of nitrogens with two attached hydrogens (primary N) is 1. The highest BCUT2D eigenvalue weighted by molar-refractivity contribution is 6.34. The van der Waals surface area contributed by atoms with E-state index in [1.165, 1.54) is 6.07 Å². The Morgan fingerprint density at radius 1 is 1.53 bits per heavy atom. The van der Waals surface area contributed by atoms with Crippen LogP contribution in [0.5, 0.6) is 0 Å². The van der Waals surface area contributed by atoms with Gasteiger partial charge in [0.1, 0.15) is 5.82 Å². The third kappa shape index (κ3) is 2.39. The minimum atomic E-state index is -0.324. The van der Waals surface area contributed by atoms with Gasteiger partial charge in [0, 0.05) is 11.3 Å². The lowest BCUT2D eigenvalue weighted by molar-refractivity contribution is 0.102. The maximum atomic E-state index is 11.9. The number of aryl methyl sites for hydroxylation is 1. The van der Waals surface area contributed by atoms with E-state index in [0.29, 0.717) is 22.1 Å². The van der Waals surface area contributed by atoms with Gasteiger partial charge in [-0.25, -0.2) is 0 Å². The second-order valence-electron chi connectivity index (χ2n) is 3.62. The highest BCUT2D eigenvalue weighted by Gasteiger charge is 2.12. The zero-order chi connectivity index (χ0) is 12.4. The summed E-state index contributed by atoms with van der Waals surface area (Å²) in [6.45, 7) is 1.83. The molecule has 0 bridgehead atoms. The number of nitrogens with zero attached hydrogens (tertiary/aromatic N) is 1. The van der Waals surface area contributed by atoms with Crippen molar-refractivity contribution in [2.75, 3.05) is 11.1 Å². The summed E-state index contributed by atoms with van der Waals surface area (Å²) in [6.07, 6.45) is 1.62. The zero-order valence-electron chi connectivity index (χ0n) is 9.12. The van der Waals surface area contributed by atoms with E-state index < -0.39 is 0 Å². The van der Waals surface area contributed by atoms with Gasteiger partial charge in [0.15, 0.2) is 0 Å². The molecule has 0 aliphatic rings. The molecule has 0 fully saturated rings. The highest BCUT2D eigenvalue weighted by atomic mass is 35.5. The summed E-state index contributed by atoms with van der Waals surface area (Å²) in [4.78, 5) is 11.9. The number of anilines is 2. The van der Waals surface area contributed by atoms with Crippen molar-refractivity contribution in [3.8, 4) is 0 Å². The van der Waals surface area contributed by atoms with E-state index in [2.05, 4.69) is 15.5 Å². The van der Waals surface area contributed by atoms with Crippen LogP contribution in [0.1, 0.15) is 15.9 Å². The largest absolute Gasteiger partial charge is 0.399 e. The molecule has 4 N–H and O–H groups in total. The molecule has 88 valence electrons. The predicted octanol–water partition coefficient (Wildman–Crippen LogP) is 2.21. The molecule has 2 rings (SSSR count). The molecular weight excluding hydrogens is 240 g/mol. The van der Waals surface area contributed by atoms with Crippen molar-refractivity contribution in [1.29, 1.82) is 0 Å². The van der Waals surface area contributed by atoms with Crippen LogP contribution in [0.25, 0.3) is 0 Å². The number of nitrogen functional groups attached to an aromatic ring is 1. The van der Waals surface area contributed by atoms with E-state index in [1.54, 1.807) is 18.3 Å². The van der Waals surface area contributed by atoms with Gasteiger partial charge in [0.25, 0.3) is 5.91 Å². The van der Waals surface area contributed by atoms with Crippen LogP contribution >= 0.6 is 11.6 Å². The van der Waals surface area contributed by atoms with Crippen molar-refractivity contribution in [2.45, 2.75) is 6.92 Å². The maximum Gasteiger partial charge on any atom is 0.258 e. The first-order chi connectivity index (χ1) is 8.08. The van der Waals surface area contributed by atoms with Crippen molar-refractivity contribution in [3.63, 3.8) is 0 Å². The van der Waals surface area contributed by atoms with E-state index in [9.17, 15) is 4.79 Å². The number of aromatic nitrogens is 2. The Hall–Kier alpha value is -2.01. The number of H-pyrrole nitrogens is 1. The van der Waals surface area contributed by atoms with Gasteiger partial charge in [0.2, 0.25) is 0 Å². The van der Waals surface area contributed by atoms with E-state index >= 15 is 0 Å². The molecule has 0 unspecified atom stereocenters. The molecule has 6 heteroatoms. The lowest BCUT2D eigenvalue weighted by Crippen LogP contribution is -2.13. The number of hydrogen-bond acceptors (Lipinski definition) is 3. The minimum Gasteiger partial charge on any atom is -0.399 e. The molecule has 2 aromatic rings. The fraction of sp³-hybridized carbons (Fsp3) is 0.0909. The van der Waals surface area contributed by atoms with Crippen LogP contribution in [0.15, 0.2) is 24.4 Å². The van der Waals surface area contributed by atoms with Crippen molar-refractivity contribution in [2.24, 2.45) is 0 Å². The first kappa shape index (κ1) is 11.5. The Balaban J connectivity index is 2.26. The molecule has 0 saturated heterocycles. The first-order valence-corrected chi connectivity index (χ1v) is 5.32. The van der Waals surface area contributed by atoms with Gasteiger partial charge in [-0.1, -0.05) is 11.6 Å². The van der Waals surface area contributed by atoms with Crippen LogP contribution in [0.4, 0.5) is 11.5 Å². The maximum absolute atomic E-state index is 11.9.